The molecule has 146 valence electrons. The van der Waals surface area contributed by atoms with E-state index in [1.54, 1.807) is 18.2 Å². The molecule has 2 aromatic carbocycles. The van der Waals surface area contributed by atoms with Crippen LogP contribution in [0.1, 0.15) is 24.2 Å². The second kappa shape index (κ2) is 8.48. The molecule has 0 fully saturated rings. The zero-order valence-electron chi connectivity index (χ0n) is 15.8. The van der Waals surface area contributed by atoms with E-state index >= 15 is 0 Å². The Morgan fingerprint density at radius 1 is 1.21 bits per heavy atom. The van der Waals surface area contributed by atoms with E-state index in [1.165, 1.54) is 10.6 Å². The minimum Gasteiger partial charge on any atom is -0.372 e. The first kappa shape index (κ1) is 19.9. The highest BCUT2D eigenvalue weighted by atomic mass is 32.1. The average molecular weight is 401 g/mol. The summed E-state index contributed by atoms with van der Waals surface area (Å²) in [6, 6.07) is 9.29. The van der Waals surface area contributed by atoms with Crippen molar-refractivity contribution in [3.8, 4) is 0 Å². The Kier molecular flexibility index (Phi) is 6.04. The normalized spacial score (nSPS) is 11.8. The Balaban J connectivity index is 2.04. The van der Waals surface area contributed by atoms with Crippen LogP contribution in [0.5, 0.6) is 0 Å². The van der Waals surface area contributed by atoms with E-state index < -0.39 is 17.5 Å². The van der Waals surface area contributed by atoms with Crippen molar-refractivity contribution in [2.45, 2.75) is 20.4 Å². The predicted octanol–water partition coefficient (Wildman–Crippen LogP) is 4.75. The first-order chi connectivity index (χ1) is 13.5. The molecular weight excluding hydrogens is 380 g/mol. The number of carbonyl (C=O) groups is 1. The fourth-order valence-electron chi connectivity index (χ4n) is 3.07. The maximum absolute atomic E-state index is 14.3. The highest BCUT2D eigenvalue weighted by Crippen LogP contribution is 2.22. The molecule has 4 nitrogen and oxygen atoms in total. The first-order valence-corrected chi connectivity index (χ1v) is 9.83. The van der Waals surface area contributed by atoms with Crippen LogP contribution in [-0.2, 0) is 6.54 Å². The van der Waals surface area contributed by atoms with Gasteiger partial charge in [0.2, 0.25) is 0 Å². The number of aromatic nitrogens is 1. The van der Waals surface area contributed by atoms with E-state index in [1.807, 2.05) is 12.1 Å². The molecule has 0 aliphatic carbocycles. The summed E-state index contributed by atoms with van der Waals surface area (Å²) in [6.45, 7) is 9.81. The number of halogens is 2. The van der Waals surface area contributed by atoms with Crippen molar-refractivity contribution in [2.24, 2.45) is 4.99 Å². The quantitative estimate of drug-likeness (QED) is 0.559. The zero-order valence-corrected chi connectivity index (χ0v) is 16.6. The number of carbonyl (C=O) groups excluding carboxylic acids is 1. The molecule has 0 spiro atoms. The van der Waals surface area contributed by atoms with E-state index in [0.717, 1.165) is 36.2 Å². The summed E-state index contributed by atoms with van der Waals surface area (Å²) >= 11 is 1.07. The number of hydrogen-bond donors (Lipinski definition) is 0. The summed E-state index contributed by atoms with van der Waals surface area (Å²) in [5.41, 5.74) is 1.68. The average Bonchev–Trinajstić information content (AvgIpc) is 3.00. The van der Waals surface area contributed by atoms with Crippen LogP contribution in [0, 0.1) is 11.6 Å². The van der Waals surface area contributed by atoms with Crippen LogP contribution in [0.4, 0.5) is 14.5 Å². The monoisotopic (exact) mass is 401 g/mol. The van der Waals surface area contributed by atoms with Gasteiger partial charge in [0.15, 0.2) is 10.6 Å². The zero-order chi connectivity index (χ0) is 20.3. The lowest BCUT2D eigenvalue weighted by atomic mass is 10.2. The minimum absolute atomic E-state index is 0.217. The molecule has 1 aromatic heterocycles. The van der Waals surface area contributed by atoms with Gasteiger partial charge in [0.25, 0.3) is 5.91 Å². The Morgan fingerprint density at radius 3 is 2.50 bits per heavy atom. The van der Waals surface area contributed by atoms with Crippen molar-refractivity contribution >= 4 is 33.1 Å². The fourth-order valence-corrected chi connectivity index (χ4v) is 4.15. The maximum atomic E-state index is 14.3. The molecule has 0 radical (unpaired) electrons. The molecule has 1 amide bonds. The molecule has 0 saturated heterocycles. The molecular formula is C21H21F2N3OS. The van der Waals surface area contributed by atoms with Crippen molar-refractivity contribution in [1.82, 2.24) is 4.57 Å². The second-order valence-electron chi connectivity index (χ2n) is 6.15. The molecule has 28 heavy (non-hydrogen) atoms. The van der Waals surface area contributed by atoms with Gasteiger partial charge in [-0.2, -0.15) is 4.99 Å². The van der Waals surface area contributed by atoms with Gasteiger partial charge in [0.05, 0.1) is 10.2 Å². The van der Waals surface area contributed by atoms with Crippen LogP contribution in [0.25, 0.3) is 10.2 Å². The topological polar surface area (TPSA) is 37.6 Å². The summed E-state index contributed by atoms with van der Waals surface area (Å²) in [4.78, 5) is 19.3. The van der Waals surface area contributed by atoms with Gasteiger partial charge in [0.1, 0.15) is 5.82 Å². The number of rotatable bonds is 6. The number of allylic oxidation sites excluding steroid dienone is 1. The summed E-state index contributed by atoms with van der Waals surface area (Å²) in [7, 11) is 0. The number of fused-ring (bicyclic) bond motifs is 1. The second-order valence-corrected chi connectivity index (χ2v) is 7.16. The van der Waals surface area contributed by atoms with Crippen LogP contribution < -0.4 is 9.70 Å². The highest BCUT2D eigenvalue weighted by molar-refractivity contribution is 7.16. The smallest absolute Gasteiger partial charge is 0.279 e. The number of thiazole rings is 1. The molecule has 0 unspecified atom stereocenters. The first-order valence-electron chi connectivity index (χ1n) is 9.01. The number of benzene rings is 2. The van der Waals surface area contributed by atoms with Crippen LogP contribution >= 0.6 is 11.3 Å². The van der Waals surface area contributed by atoms with Crippen molar-refractivity contribution in [1.29, 1.82) is 0 Å². The van der Waals surface area contributed by atoms with E-state index in [0.29, 0.717) is 15.1 Å². The van der Waals surface area contributed by atoms with E-state index in [-0.39, 0.29) is 12.1 Å². The fraction of sp³-hybridized carbons (Fsp3) is 0.238. The van der Waals surface area contributed by atoms with Crippen molar-refractivity contribution in [2.75, 3.05) is 18.0 Å². The number of nitrogens with zero attached hydrogens (tertiary/aromatic N) is 3. The number of anilines is 1. The molecule has 0 aliphatic heterocycles. The van der Waals surface area contributed by atoms with Gasteiger partial charge in [-0.3, -0.25) is 4.79 Å². The maximum Gasteiger partial charge on any atom is 0.279 e. The molecule has 0 atom stereocenters. The third kappa shape index (κ3) is 3.89. The summed E-state index contributed by atoms with van der Waals surface area (Å²) in [5.74, 6) is -1.79. The number of amides is 1. The lowest BCUT2D eigenvalue weighted by molar-refractivity contribution is 0.0998. The number of hydrogen-bond acceptors (Lipinski definition) is 3. The molecule has 3 rings (SSSR count). The molecule has 7 heteroatoms. The van der Waals surface area contributed by atoms with Gasteiger partial charge >= 0.3 is 0 Å². The summed E-state index contributed by atoms with van der Waals surface area (Å²) in [6.07, 6.45) is 1.58. The standard InChI is InChI=1S/C21H21F2N3OS/c1-4-11-26-19-17(23)12-15(22)13-18(19)28-21(26)24-20(27)14-7-9-16(10-8-14)25(5-2)6-3/h4,7-10,12-13H,1,5-6,11H2,2-3H3. The largest absolute Gasteiger partial charge is 0.372 e. The van der Waals surface area contributed by atoms with Crippen LogP contribution in [0.2, 0.25) is 0 Å². The van der Waals surface area contributed by atoms with Crippen molar-refractivity contribution in [3.63, 3.8) is 0 Å². The van der Waals surface area contributed by atoms with Crippen molar-refractivity contribution in [3.05, 3.63) is 71.1 Å². The lowest BCUT2D eigenvalue weighted by Crippen LogP contribution is -2.21. The van der Waals surface area contributed by atoms with Gasteiger partial charge in [-0.1, -0.05) is 17.4 Å². The van der Waals surface area contributed by atoms with Crippen LogP contribution in [-0.4, -0.2) is 23.6 Å². The molecule has 0 saturated carbocycles. The van der Waals surface area contributed by atoms with Crippen LogP contribution in [0.3, 0.4) is 0 Å². The molecule has 1 heterocycles. The van der Waals surface area contributed by atoms with Crippen LogP contribution in [0.15, 0.2) is 54.0 Å². The SMILES string of the molecule is C=CCn1c(=NC(=O)c2ccc(N(CC)CC)cc2)sc2cc(F)cc(F)c21. The molecule has 3 aromatic rings. The lowest BCUT2D eigenvalue weighted by Gasteiger charge is -2.20. The Morgan fingerprint density at radius 2 is 1.89 bits per heavy atom. The predicted molar refractivity (Wildman–Crippen MR) is 110 cm³/mol. The van der Waals surface area contributed by atoms with Gasteiger partial charge in [0, 0.05) is 37.0 Å². The third-order valence-electron chi connectivity index (χ3n) is 4.45. The Labute approximate surface area is 166 Å². The van der Waals surface area contributed by atoms with Gasteiger partial charge in [-0.05, 0) is 44.2 Å². The Hall–Kier alpha value is -2.80. The molecule has 0 N–H and O–H groups in total. The van der Waals surface area contributed by atoms with Crippen molar-refractivity contribution < 1.29 is 13.6 Å². The van der Waals surface area contributed by atoms with E-state index in [4.69, 9.17) is 0 Å². The van der Waals surface area contributed by atoms with Gasteiger partial charge in [-0.15, -0.1) is 6.58 Å². The highest BCUT2D eigenvalue weighted by Gasteiger charge is 2.14. The Bertz CT molecular complexity index is 1080. The van der Waals surface area contributed by atoms with Gasteiger partial charge in [-0.25, -0.2) is 8.78 Å². The summed E-state index contributed by atoms with van der Waals surface area (Å²) < 4.78 is 29.7. The van der Waals surface area contributed by atoms with E-state index in [2.05, 4.69) is 30.3 Å². The molecule has 0 aliphatic rings. The molecule has 0 bridgehead atoms. The third-order valence-corrected chi connectivity index (χ3v) is 5.47. The summed E-state index contributed by atoms with van der Waals surface area (Å²) in [5, 5.41) is 0. The van der Waals surface area contributed by atoms with E-state index in [9.17, 15) is 13.6 Å². The van der Waals surface area contributed by atoms with Gasteiger partial charge < -0.3 is 9.47 Å². The minimum atomic E-state index is -0.689.